The van der Waals surface area contributed by atoms with Gasteiger partial charge in [-0.2, -0.15) is 0 Å². The van der Waals surface area contributed by atoms with Crippen LogP contribution in [0.1, 0.15) is 129 Å². The van der Waals surface area contributed by atoms with Crippen molar-refractivity contribution in [3.63, 3.8) is 0 Å². The van der Waals surface area contributed by atoms with Gasteiger partial charge in [0.25, 0.3) is 0 Å². The molecule has 2 unspecified atom stereocenters. The molecule has 3 atom stereocenters. The number of aliphatic hydroxyl groups is 3. The number of aliphatic hydroxyl groups excluding tert-OH is 3. The molecule has 0 aromatic carbocycles. The molecule has 0 aliphatic heterocycles. The molecule has 232 valence electrons. The zero-order valence-electron chi connectivity index (χ0n) is 25.3. The summed E-state index contributed by atoms with van der Waals surface area (Å²) >= 11 is 0. The normalized spacial score (nSPS) is 14.2. The van der Waals surface area contributed by atoms with E-state index in [1.54, 1.807) is 0 Å². The Bertz CT molecular complexity index is 686. The minimum atomic E-state index is -1.07. The van der Waals surface area contributed by atoms with Crippen LogP contribution >= 0.6 is 0 Å². The highest BCUT2D eigenvalue weighted by Gasteiger charge is 2.16. The van der Waals surface area contributed by atoms with Gasteiger partial charge in [-0.1, -0.05) is 102 Å². The Labute approximate surface area is 243 Å². The van der Waals surface area contributed by atoms with Gasteiger partial charge in [-0.25, -0.2) is 0 Å². The molecule has 0 heterocycles. The van der Waals surface area contributed by atoms with E-state index in [4.69, 9.17) is 9.47 Å². The average Bonchev–Trinajstić information content (AvgIpc) is 2.94. The maximum absolute atomic E-state index is 11.9. The van der Waals surface area contributed by atoms with Gasteiger partial charge in [-0.05, 0) is 51.4 Å². The predicted octanol–water partition coefficient (Wildman–Crippen LogP) is 6.89. The summed E-state index contributed by atoms with van der Waals surface area (Å²) in [6.07, 6.45) is 25.4. The molecule has 0 radical (unpaired) electrons. The van der Waals surface area contributed by atoms with Gasteiger partial charge in [0.05, 0.1) is 12.2 Å². The molecule has 0 spiro atoms. The first kappa shape index (κ1) is 38.0. The van der Waals surface area contributed by atoms with E-state index in [0.29, 0.717) is 19.3 Å². The first-order chi connectivity index (χ1) is 19.4. The summed E-state index contributed by atoms with van der Waals surface area (Å²) in [7, 11) is 0. The fourth-order valence-corrected chi connectivity index (χ4v) is 4.01. The first-order valence-corrected chi connectivity index (χ1v) is 15.7. The van der Waals surface area contributed by atoms with Crippen LogP contribution in [0, 0.1) is 0 Å². The Morgan fingerprint density at radius 3 is 1.73 bits per heavy atom. The Hall–Kier alpha value is -1.96. The van der Waals surface area contributed by atoms with Gasteiger partial charge in [-0.15, -0.1) is 0 Å². The van der Waals surface area contributed by atoms with Crippen LogP contribution in [-0.4, -0.2) is 58.8 Å². The molecule has 0 aromatic heterocycles. The van der Waals surface area contributed by atoms with Crippen LogP contribution in [0.4, 0.5) is 0 Å². The third kappa shape index (κ3) is 26.3. The number of carbonyl (C=O) groups excluding carboxylic acids is 2. The molecule has 0 amide bonds. The molecule has 40 heavy (non-hydrogen) atoms. The van der Waals surface area contributed by atoms with Crippen molar-refractivity contribution in [3.05, 3.63) is 36.5 Å². The minimum Gasteiger partial charge on any atom is -0.463 e. The number of esters is 2. The number of hydrogen-bond acceptors (Lipinski definition) is 7. The van der Waals surface area contributed by atoms with Gasteiger partial charge >= 0.3 is 11.9 Å². The molecule has 0 saturated heterocycles. The maximum Gasteiger partial charge on any atom is 0.305 e. The highest BCUT2D eigenvalue weighted by molar-refractivity contribution is 5.69. The van der Waals surface area contributed by atoms with Crippen LogP contribution in [0.5, 0.6) is 0 Å². The van der Waals surface area contributed by atoms with Gasteiger partial charge < -0.3 is 24.8 Å². The van der Waals surface area contributed by atoms with E-state index in [1.165, 1.54) is 44.9 Å². The minimum absolute atomic E-state index is 0.0717. The van der Waals surface area contributed by atoms with Crippen LogP contribution in [-0.2, 0) is 19.1 Å². The van der Waals surface area contributed by atoms with E-state index in [1.807, 2.05) is 12.2 Å². The van der Waals surface area contributed by atoms with Crippen molar-refractivity contribution < 1.29 is 34.4 Å². The number of allylic oxidation sites excluding steroid dienone is 5. The molecule has 0 aliphatic rings. The third-order valence-corrected chi connectivity index (χ3v) is 6.58. The Morgan fingerprint density at radius 2 is 1.10 bits per heavy atom. The van der Waals surface area contributed by atoms with Crippen molar-refractivity contribution in [1.29, 1.82) is 0 Å². The number of ether oxygens (including phenoxy) is 2. The second-order valence-electron chi connectivity index (χ2n) is 10.5. The topological polar surface area (TPSA) is 113 Å². The first-order valence-electron chi connectivity index (χ1n) is 15.7. The molecule has 0 bridgehead atoms. The van der Waals surface area contributed by atoms with Crippen molar-refractivity contribution in [3.8, 4) is 0 Å². The van der Waals surface area contributed by atoms with E-state index >= 15 is 0 Å². The van der Waals surface area contributed by atoms with Gasteiger partial charge in [0, 0.05) is 12.8 Å². The second kappa shape index (κ2) is 28.6. The molecule has 0 aromatic rings. The molecular weight excluding hydrogens is 508 g/mol. The van der Waals surface area contributed by atoms with Gasteiger partial charge in [0.2, 0.25) is 0 Å². The summed E-state index contributed by atoms with van der Waals surface area (Å²) in [6.45, 7) is 3.94. The van der Waals surface area contributed by atoms with Crippen molar-refractivity contribution >= 4 is 11.9 Å². The lowest BCUT2D eigenvalue weighted by atomic mass is 10.0. The number of carbonyl (C=O) groups is 2. The van der Waals surface area contributed by atoms with Gasteiger partial charge in [0.1, 0.15) is 19.3 Å². The summed E-state index contributed by atoms with van der Waals surface area (Å²) in [4.78, 5) is 23.7. The zero-order chi connectivity index (χ0) is 29.7. The molecule has 3 N–H and O–H groups in total. The molecule has 0 rings (SSSR count). The van der Waals surface area contributed by atoms with E-state index in [9.17, 15) is 24.9 Å². The lowest BCUT2D eigenvalue weighted by Crippen LogP contribution is -2.26. The monoisotopic (exact) mass is 566 g/mol. The molecule has 7 heteroatoms. The average molecular weight is 567 g/mol. The fourth-order valence-electron chi connectivity index (χ4n) is 4.01. The standard InChI is InChI=1S/C33H58O7/c1-3-5-7-9-11-12-13-14-15-17-18-20-23-30(35)31(36)24-22-26-33(38)40-28-29(34)27-39-32(37)25-21-19-16-10-8-6-4-2/h11-12,14-15,18,20,29-31,34-36H,3-10,13,16-17,19,21-28H2,1-2H3/b12-11-,15-14-,20-18-/t29-,30?,31?/m0/s1. The Morgan fingerprint density at radius 1 is 0.600 bits per heavy atom. The van der Waals surface area contributed by atoms with Crippen LogP contribution in [0.3, 0.4) is 0 Å². The van der Waals surface area contributed by atoms with E-state index in [-0.39, 0.29) is 32.0 Å². The van der Waals surface area contributed by atoms with Crippen molar-refractivity contribution in [2.45, 2.75) is 148 Å². The zero-order valence-corrected chi connectivity index (χ0v) is 25.3. The highest BCUT2D eigenvalue weighted by atomic mass is 16.6. The van der Waals surface area contributed by atoms with E-state index < -0.39 is 24.3 Å². The van der Waals surface area contributed by atoms with Gasteiger partial charge in [0.15, 0.2) is 0 Å². The molecule has 0 saturated carbocycles. The molecular formula is C33H58O7. The second-order valence-corrected chi connectivity index (χ2v) is 10.5. The van der Waals surface area contributed by atoms with E-state index in [2.05, 4.69) is 38.2 Å². The van der Waals surface area contributed by atoms with E-state index in [0.717, 1.165) is 38.5 Å². The largest absolute Gasteiger partial charge is 0.463 e. The summed E-state index contributed by atoms with van der Waals surface area (Å²) in [5, 5.41) is 30.1. The fraction of sp³-hybridized carbons (Fsp3) is 0.758. The van der Waals surface area contributed by atoms with Crippen LogP contribution < -0.4 is 0 Å². The predicted molar refractivity (Wildman–Crippen MR) is 162 cm³/mol. The smallest absolute Gasteiger partial charge is 0.305 e. The maximum atomic E-state index is 11.9. The summed E-state index contributed by atoms with van der Waals surface area (Å²) < 4.78 is 10.1. The lowest BCUT2D eigenvalue weighted by molar-refractivity contribution is -0.152. The van der Waals surface area contributed by atoms with Crippen LogP contribution in [0.15, 0.2) is 36.5 Å². The number of hydrogen-bond donors (Lipinski definition) is 3. The van der Waals surface area contributed by atoms with Crippen molar-refractivity contribution in [2.75, 3.05) is 13.2 Å². The number of unbranched alkanes of at least 4 members (excludes halogenated alkanes) is 9. The summed E-state index contributed by atoms with van der Waals surface area (Å²) in [5.74, 6) is -0.851. The van der Waals surface area contributed by atoms with Crippen LogP contribution in [0.25, 0.3) is 0 Å². The highest BCUT2D eigenvalue weighted by Crippen LogP contribution is 2.11. The molecule has 7 nitrogen and oxygen atoms in total. The van der Waals surface area contributed by atoms with Crippen molar-refractivity contribution in [1.82, 2.24) is 0 Å². The third-order valence-electron chi connectivity index (χ3n) is 6.58. The Kier molecular flexibility index (Phi) is 27.2. The SMILES string of the molecule is CCCCC/C=C\C/C=C\C/C=C\CC(O)C(O)CCCC(=O)OC[C@@H](O)COC(=O)CCCCCCCCC. The summed E-state index contributed by atoms with van der Waals surface area (Å²) in [5.41, 5.74) is 0. The lowest BCUT2D eigenvalue weighted by Gasteiger charge is -2.16. The van der Waals surface area contributed by atoms with Crippen molar-refractivity contribution in [2.24, 2.45) is 0 Å². The molecule has 0 fully saturated rings. The molecule has 0 aliphatic carbocycles. The number of rotatable bonds is 27. The quantitative estimate of drug-likeness (QED) is 0.0564. The van der Waals surface area contributed by atoms with Gasteiger partial charge in [-0.3, -0.25) is 9.59 Å². The Balaban J connectivity index is 3.79. The van der Waals surface area contributed by atoms with Crippen LogP contribution in [0.2, 0.25) is 0 Å². The summed E-state index contributed by atoms with van der Waals surface area (Å²) in [6, 6.07) is 0.